The average molecular weight is 310 g/mol. The number of hydrogen-bond donors (Lipinski definition) is 1. The smallest absolute Gasteiger partial charge is 0.277 e. The molecule has 0 radical (unpaired) electrons. The number of nitrogens with zero attached hydrogens (tertiary/aromatic N) is 3. The third-order valence-corrected chi connectivity index (χ3v) is 4.11. The summed E-state index contributed by atoms with van der Waals surface area (Å²) in [6.45, 7) is 5.02. The normalized spacial score (nSPS) is 16.3. The van der Waals surface area contributed by atoms with Crippen molar-refractivity contribution in [3.8, 4) is 0 Å². The van der Waals surface area contributed by atoms with Crippen molar-refractivity contribution in [3.63, 3.8) is 0 Å². The van der Waals surface area contributed by atoms with Crippen LogP contribution < -0.4 is 10.2 Å². The van der Waals surface area contributed by atoms with Crippen molar-refractivity contribution >= 4 is 17.5 Å². The van der Waals surface area contributed by atoms with Gasteiger partial charge in [0.15, 0.2) is 0 Å². The van der Waals surface area contributed by atoms with Crippen LogP contribution in [0.15, 0.2) is 36.5 Å². The summed E-state index contributed by atoms with van der Waals surface area (Å²) in [5.74, 6) is 0.452. The van der Waals surface area contributed by atoms with Crippen LogP contribution in [0.2, 0.25) is 0 Å². The van der Waals surface area contributed by atoms with Crippen LogP contribution in [0.3, 0.4) is 0 Å². The minimum Gasteiger partial charge on any atom is -0.354 e. The Morgan fingerprint density at radius 3 is 3.00 bits per heavy atom. The summed E-state index contributed by atoms with van der Waals surface area (Å²) >= 11 is 0. The highest BCUT2D eigenvalue weighted by atomic mass is 16.2. The Morgan fingerprint density at radius 1 is 1.35 bits per heavy atom. The molecule has 1 aromatic heterocycles. The van der Waals surface area contributed by atoms with Gasteiger partial charge in [0.1, 0.15) is 5.69 Å². The highest BCUT2D eigenvalue weighted by molar-refractivity contribution is 6.06. The fraction of sp³-hybridized carbons (Fsp3) is 0.389. The molecule has 0 bridgehead atoms. The van der Waals surface area contributed by atoms with E-state index in [-0.39, 0.29) is 11.9 Å². The van der Waals surface area contributed by atoms with Crippen LogP contribution >= 0.6 is 0 Å². The van der Waals surface area contributed by atoms with E-state index >= 15 is 0 Å². The predicted octanol–water partition coefficient (Wildman–Crippen LogP) is 3.28. The Kier molecular flexibility index (Phi) is 4.55. The van der Waals surface area contributed by atoms with E-state index in [1.807, 2.05) is 23.1 Å². The Balaban J connectivity index is 1.82. The molecule has 2 heterocycles. The van der Waals surface area contributed by atoms with E-state index in [2.05, 4.69) is 35.2 Å². The zero-order valence-electron chi connectivity index (χ0n) is 13.6. The molecule has 1 N–H and O–H groups in total. The molecule has 1 aromatic carbocycles. The van der Waals surface area contributed by atoms with Gasteiger partial charge in [-0.2, -0.15) is 0 Å². The number of unbranched alkanes of at least 4 members (excludes halogenated alkanes) is 1. The van der Waals surface area contributed by atoms with Crippen molar-refractivity contribution in [1.29, 1.82) is 0 Å². The maximum absolute atomic E-state index is 12.9. The molecular weight excluding hydrogens is 288 g/mol. The summed E-state index contributed by atoms with van der Waals surface area (Å²) in [7, 11) is 0. The lowest BCUT2D eigenvalue weighted by Gasteiger charge is -2.22. The lowest BCUT2D eigenvalue weighted by Crippen LogP contribution is -2.36. The van der Waals surface area contributed by atoms with Gasteiger partial charge in [-0.05, 0) is 37.5 Å². The molecule has 0 saturated carbocycles. The maximum Gasteiger partial charge on any atom is 0.277 e. The molecule has 0 fully saturated rings. The van der Waals surface area contributed by atoms with Gasteiger partial charge in [-0.3, -0.25) is 4.79 Å². The molecule has 2 aromatic rings. The van der Waals surface area contributed by atoms with E-state index < -0.39 is 0 Å². The molecular formula is C18H22N4O. The SMILES string of the molecule is CCCCNc1nccc(C(=O)N2c3ccccc3CC2C)n1. The molecule has 1 aliphatic heterocycles. The summed E-state index contributed by atoms with van der Waals surface area (Å²) in [5, 5.41) is 3.17. The highest BCUT2D eigenvalue weighted by Gasteiger charge is 2.31. The Morgan fingerprint density at radius 2 is 2.17 bits per heavy atom. The monoisotopic (exact) mass is 310 g/mol. The average Bonchev–Trinajstić information content (AvgIpc) is 2.90. The van der Waals surface area contributed by atoms with Crippen molar-refractivity contribution in [3.05, 3.63) is 47.8 Å². The number of carbonyl (C=O) groups excluding carboxylic acids is 1. The number of nitrogens with one attached hydrogen (secondary N) is 1. The number of fused-ring (bicyclic) bond motifs is 1. The van der Waals surface area contributed by atoms with E-state index in [0.717, 1.165) is 31.5 Å². The molecule has 5 nitrogen and oxygen atoms in total. The molecule has 0 aliphatic carbocycles. The zero-order valence-corrected chi connectivity index (χ0v) is 13.6. The lowest BCUT2D eigenvalue weighted by molar-refractivity contribution is 0.0976. The predicted molar refractivity (Wildman–Crippen MR) is 91.8 cm³/mol. The van der Waals surface area contributed by atoms with Gasteiger partial charge in [0.2, 0.25) is 5.95 Å². The van der Waals surface area contributed by atoms with Crippen molar-refractivity contribution in [1.82, 2.24) is 9.97 Å². The molecule has 3 rings (SSSR count). The lowest BCUT2D eigenvalue weighted by atomic mass is 10.1. The molecule has 0 saturated heterocycles. The standard InChI is InChI=1S/C18H22N4O/c1-3-4-10-19-18-20-11-9-15(21-18)17(23)22-13(2)12-14-7-5-6-8-16(14)22/h5-9,11,13H,3-4,10,12H2,1-2H3,(H,19,20,21). The molecule has 0 spiro atoms. The van der Waals surface area contributed by atoms with Crippen LogP contribution in [-0.2, 0) is 6.42 Å². The number of benzene rings is 1. The van der Waals surface area contributed by atoms with Crippen molar-refractivity contribution in [2.75, 3.05) is 16.8 Å². The number of amides is 1. The van der Waals surface area contributed by atoms with Gasteiger partial charge in [0.05, 0.1) is 0 Å². The second kappa shape index (κ2) is 6.77. The molecule has 1 aliphatic rings. The molecule has 5 heteroatoms. The minimum atomic E-state index is -0.0663. The third-order valence-electron chi connectivity index (χ3n) is 4.11. The number of anilines is 2. The Bertz CT molecular complexity index is 701. The topological polar surface area (TPSA) is 58.1 Å². The third kappa shape index (κ3) is 3.18. The number of aromatic nitrogens is 2. The molecule has 23 heavy (non-hydrogen) atoms. The van der Waals surface area contributed by atoms with Crippen molar-refractivity contribution in [2.45, 2.75) is 39.2 Å². The summed E-state index contributed by atoms with van der Waals surface area (Å²) in [4.78, 5) is 23.3. The van der Waals surface area contributed by atoms with Gasteiger partial charge in [-0.15, -0.1) is 0 Å². The van der Waals surface area contributed by atoms with Crippen LogP contribution in [0.25, 0.3) is 0 Å². The number of hydrogen-bond acceptors (Lipinski definition) is 4. The van der Waals surface area contributed by atoms with E-state index in [4.69, 9.17) is 0 Å². The first kappa shape index (κ1) is 15.5. The van der Waals surface area contributed by atoms with Crippen LogP contribution in [0.5, 0.6) is 0 Å². The van der Waals surface area contributed by atoms with Gasteiger partial charge in [-0.1, -0.05) is 31.5 Å². The molecule has 1 unspecified atom stereocenters. The maximum atomic E-state index is 12.9. The first-order valence-corrected chi connectivity index (χ1v) is 8.19. The fourth-order valence-corrected chi connectivity index (χ4v) is 2.94. The number of para-hydroxylation sites is 1. The largest absolute Gasteiger partial charge is 0.354 e. The molecule has 1 atom stereocenters. The van der Waals surface area contributed by atoms with Gasteiger partial charge in [-0.25, -0.2) is 9.97 Å². The molecule has 120 valence electrons. The van der Waals surface area contributed by atoms with Crippen LogP contribution in [0.4, 0.5) is 11.6 Å². The zero-order chi connectivity index (χ0) is 16.2. The second-order valence-electron chi connectivity index (χ2n) is 5.90. The van der Waals surface area contributed by atoms with Crippen LogP contribution in [0, 0.1) is 0 Å². The number of rotatable bonds is 5. The minimum absolute atomic E-state index is 0.0663. The summed E-state index contributed by atoms with van der Waals surface area (Å²) in [6, 6.07) is 9.89. The van der Waals surface area contributed by atoms with Crippen LogP contribution in [-0.4, -0.2) is 28.5 Å². The summed E-state index contributed by atoms with van der Waals surface area (Å²) < 4.78 is 0. The van der Waals surface area contributed by atoms with Gasteiger partial charge in [0, 0.05) is 24.5 Å². The van der Waals surface area contributed by atoms with Gasteiger partial charge >= 0.3 is 0 Å². The Hall–Kier alpha value is -2.43. The highest BCUT2D eigenvalue weighted by Crippen LogP contribution is 2.32. The van der Waals surface area contributed by atoms with Crippen LogP contribution in [0.1, 0.15) is 42.7 Å². The van der Waals surface area contributed by atoms with Crippen molar-refractivity contribution in [2.24, 2.45) is 0 Å². The number of carbonyl (C=O) groups is 1. The van der Waals surface area contributed by atoms with Gasteiger partial charge in [0.25, 0.3) is 5.91 Å². The Labute approximate surface area is 136 Å². The van der Waals surface area contributed by atoms with E-state index in [9.17, 15) is 4.79 Å². The van der Waals surface area contributed by atoms with Crippen molar-refractivity contribution < 1.29 is 4.79 Å². The quantitative estimate of drug-likeness (QED) is 0.861. The first-order valence-electron chi connectivity index (χ1n) is 8.19. The summed E-state index contributed by atoms with van der Waals surface area (Å²) in [5.41, 5.74) is 2.63. The first-order chi connectivity index (χ1) is 11.2. The second-order valence-corrected chi connectivity index (χ2v) is 5.90. The van der Waals surface area contributed by atoms with E-state index in [1.165, 1.54) is 5.56 Å². The van der Waals surface area contributed by atoms with E-state index in [0.29, 0.717) is 11.6 Å². The van der Waals surface area contributed by atoms with E-state index in [1.54, 1.807) is 12.3 Å². The fourth-order valence-electron chi connectivity index (χ4n) is 2.94. The summed E-state index contributed by atoms with van der Waals surface area (Å²) in [6.07, 6.45) is 4.68. The van der Waals surface area contributed by atoms with Gasteiger partial charge < -0.3 is 10.2 Å². The molecule has 1 amide bonds.